The quantitative estimate of drug-likeness (QED) is 0.285. The summed E-state index contributed by atoms with van der Waals surface area (Å²) < 4.78 is 12.5. The Labute approximate surface area is 191 Å². The normalized spacial score (nSPS) is 14.2. The molecule has 34 heavy (non-hydrogen) atoms. The second-order valence-corrected chi connectivity index (χ2v) is 7.71. The maximum atomic E-state index is 11.3. The number of aromatic amines is 1. The van der Waals surface area contributed by atoms with E-state index >= 15 is 0 Å². The van der Waals surface area contributed by atoms with E-state index in [1.54, 1.807) is 31.0 Å². The topological polar surface area (TPSA) is 153 Å². The van der Waals surface area contributed by atoms with E-state index in [4.69, 9.17) is 19.1 Å². The van der Waals surface area contributed by atoms with Gasteiger partial charge in [0.15, 0.2) is 22.5 Å². The molecule has 0 atom stereocenters. The van der Waals surface area contributed by atoms with Gasteiger partial charge in [-0.3, -0.25) is 14.7 Å². The summed E-state index contributed by atoms with van der Waals surface area (Å²) >= 11 is 0. The van der Waals surface area contributed by atoms with Crippen molar-refractivity contribution in [3.8, 4) is 5.69 Å². The van der Waals surface area contributed by atoms with E-state index in [2.05, 4.69) is 25.2 Å². The van der Waals surface area contributed by atoms with Gasteiger partial charge in [0.2, 0.25) is 5.95 Å². The van der Waals surface area contributed by atoms with Gasteiger partial charge in [-0.05, 0) is 6.07 Å². The summed E-state index contributed by atoms with van der Waals surface area (Å²) in [4.78, 5) is 34.5. The molecular formula is C21H19N9O4. The van der Waals surface area contributed by atoms with Gasteiger partial charge in [0.05, 0.1) is 42.1 Å². The first-order valence-electron chi connectivity index (χ1n) is 10.6. The van der Waals surface area contributed by atoms with Crippen molar-refractivity contribution in [1.82, 2.24) is 29.5 Å². The van der Waals surface area contributed by atoms with Gasteiger partial charge in [0.1, 0.15) is 18.4 Å². The Bertz CT molecular complexity index is 1490. The summed E-state index contributed by atoms with van der Waals surface area (Å²) in [5.74, 6) is 1.63. The maximum absolute atomic E-state index is 11.3. The zero-order valence-corrected chi connectivity index (χ0v) is 17.8. The summed E-state index contributed by atoms with van der Waals surface area (Å²) in [7, 11) is 0. The van der Waals surface area contributed by atoms with Crippen LogP contribution < -0.4 is 10.2 Å². The molecule has 0 amide bonds. The van der Waals surface area contributed by atoms with E-state index in [9.17, 15) is 10.1 Å². The number of aromatic nitrogens is 6. The Morgan fingerprint density at radius 1 is 1.15 bits per heavy atom. The zero-order chi connectivity index (χ0) is 23.1. The van der Waals surface area contributed by atoms with Crippen molar-refractivity contribution < 1.29 is 14.1 Å². The molecule has 0 saturated carbocycles. The van der Waals surface area contributed by atoms with Gasteiger partial charge in [0, 0.05) is 25.2 Å². The fourth-order valence-corrected chi connectivity index (χ4v) is 3.97. The largest absolute Gasteiger partial charge is 0.470 e. The van der Waals surface area contributed by atoms with E-state index in [1.165, 1.54) is 6.07 Å². The number of nitro groups is 1. The van der Waals surface area contributed by atoms with E-state index in [0.717, 1.165) is 5.69 Å². The van der Waals surface area contributed by atoms with Gasteiger partial charge >= 0.3 is 0 Å². The van der Waals surface area contributed by atoms with Crippen LogP contribution in [0.15, 0.2) is 47.5 Å². The molecule has 13 heteroatoms. The Morgan fingerprint density at radius 2 is 2.03 bits per heavy atom. The van der Waals surface area contributed by atoms with Crippen LogP contribution in [0.1, 0.15) is 5.82 Å². The highest BCUT2D eigenvalue weighted by Gasteiger charge is 2.21. The second kappa shape index (κ2) is 8.12. The lowest BCUT2D eigenvalue weighted by atomic mass is 10.3. The molecule has 0 radical (unpaired) electrons. The van der Waals surface area contributed by atoms with E-state index < -0.39 is 4.92 Å². The van der Waals surface area contributed by atoms with Crippen LogP contribution in [0.5, 0.6) is 0 Å². The third kappa shape index (κ3) is 3.47. The van der Waals surface area contributed by atoms with Crippen LogP contribution in [-0.2, 0) is 11.3 Å². The monoisotopic (exact) mass is 461 g/mol. The first kappa shape index (κ1) is 20.1. The SMILES string of the molecule is O=[N+]([O-])c1cccc2[nH]c(CNc3nc(N4CCOCC4)nc4c3ncn4-c3ccoc3)nc12. The number of non-ortho nitro benzene ring substituents is 1. The zero-order valence-electron chi connectivity index (χ0n) is 17.8. The summed E-state index contributed by atoms with van der Waals surface area (Å²) in [6.07, 6.45) is 4.88. The molecule has 1 aromatic carbocycles. The molecule has 0 aliphatic carbocycles. The molecule has 0 spiro atoms. The Balaban J connectivity index is 1.38. The number of rotatable bonds is 6. The van der Waals surface area contributed by atoms with Crippen molar-refractivity contribution in [2.24, 2.45) is 0 Å². The molecule has 6 rings (SSSR count). The van der Waals surface area contributed by atoms with E-state index in [1.807, 2.05) is 10.6 Å². The minimum atomic E-state index is -0.439. The first-order chi connectivity index (χ1) is 16.7. The maximum Gasteiger partial charge on any atom is 0.297 e. The van der Waals surface area contributed by atoms with Crippen molar-refractivity contribution >= 4 is 39.7 Å². The Kier molecular flexibility index (Phi) is 4.80. The first-order valence-corrected chi connectivity index (χ1v) is 10.6. The van der Waals surface area contributed by atoms with Crippen molar-refractivity contribution in [3.05, 3.63) is 59.1 Å². The average molecular weight is 461 g/mol. The van der Waals surface area contributed by atoms with Crippen molar-refractivity contribution in [2.45, 2.75) is 6.54 Å². The number of furan rings is 1. The molecule has 0 unspecified atom stereocenters. The lowest BCUT2D eigenvalue weighted by Crippen LogP contribution is -2.37. The van der Waals surface area contributed by atoms with E-state index in [-0.39, 0.29) is 12.2 Å². The molecule has 2 N–H and O–H groups in total. The van der Waals surface area contributed by atoms with Gasteiger partial charge in [0.25, 0.3) is 5.69 Å². The molecule has 1 saturated heterocycles. The number of nitrogens with zero attached hydrogens (tertiary/aromatic N) is 7. The molecule has 4 aromatic heterocycles. The molecule has 1 aliphatic heterocycles. The molecule has 5 heterocycles. The number of ether oxygens (including phenoxy) is 1. The van der Waals surface area contributed by atoms with Gasteiger partial charge in [-0.15, -0.1) is 0 Å². The fourth-order valence-electron chi connectivity index (χ4n) is 3.97. The predicted octanol–water partition coefficient (Wildman–Crippen LogP) is 2.64. The van der Waals surface area contributed by atoms with Gasteiger partial charge in [-0.2, -0.15) is 9.97 Å². The highest BCUT2D eigenvalue weighted by molar-refractivity contribution is 5.86. The number of morpholine rings is 1. The number of imidazole rings is 2. The summed E-state index contributed by atoms with van der Waals surface area (Å²) in [5.41, 5.74) is 2.87. The third-order valence-corrected chi connectivity index (χ3v) is 5.62. The molecular weight excluding hydrogens is 442 g/mol. The smallest absolute Gasteiger partial charge is 0.297 e. The molecule has 172 valence electrons. The molecule has 1 aliphatic rings. The average Bonchev–Trinajstić information content (AvgIpc) is 3.61. The molecule has 0 bridgehead atoms. The number of para-hydroxylation sites is 1. The fraction of sp³-hybridized carbons (Fsp3) is 0.238. The van der Waals surface area contributed by atoms with Crippen molar-refractivity contribution in [1.29, 1.82) is 0 Å². The highest BCUT2D eigenvalue weighted by Crippen LogP contribution is 2.27. The number of hydrogen-bond donors (Lipinski definition) is 2. The van der Waals surface area contributed by atoms with Crippen LogP contribution in [0.25, 0.3) is 27.9 Å². The van der Waals surface area contributed by atoms with E-state index in [0.29, 0.717) is 66.1 Å². The number of nitro benzene ring substituents is 1. The van der Waals surface area contributed by atoms with Crippen LogP contribution >= 0.6 is 0 Å². The number of H-pyrrole nitrogens is 1. The summed E-state index contributed by atoms with van der Waals surface area (Å²) in [6, 6.07) is 6.64. The Morgan fingerprint density at radius 3 is 2.82 bits per heavy atom. The van der Waals surface area contributed by atoms with Gasteiger partial charge in [-0.25, -0.2) is 9.97 Å². The third-order valence-electron chi connectivity index (χ3n) is 5.62. The predicted molar refractivity (Wildman–Crippen MR) is 122 cm³/mol. The van der Waals surface area contributed by atoms with Gasteiger partial charge < -0.3 is 24.4 Å². The van der Waals surface area contributed by atoms with Gasteiger partial charge in [-0.1, -0.05) is 6.07 Å². The number of fused-ring (bicyclic) bond motifs is 2. The van der Waals surface area contributed by atoms with Crippen molar-refractivity contribution in [3.63, 3.8) is 0 Å². The number of nitrogens with one attached hydrogen (secondary N) is 2. The summed E-state index contributed by atoms with van der Waals surface area (Å²) in [6.45, 7) is 2.82. The second-order valence-electron chi connectivity index (χ2n) is 7.71. The number of benzene rings is 1. The molecule has 1 fully saturated rings. The van der Waals surface area contributed by atoms with Crippen LogP contribution in [-0.4, -0.2) is 60.7 Å². The molecule has 5 aromatic rings. The standard InChI is InChI=1S/C21H19N9O4/c31-30(32)15-3-1-2-14-17(15)25-16(24-14)10-22-19-18-20(29(12-23-18)13-4-7-34-11-13)27-21(26-19)28-5-8-33-9-6-28/h1-4,7,11-12H,5-6,8-10H2,(H,24,25)(H,22,26,27). The van der Waals surface area contributed by atoms with Crippen molar-refractivity contribution in [2.75, 3.05) is 36.5 Å². The summed E-state index contributed by atoms with van der Waals surface area (Å²) in [5, 5.41) is 14.6. The van der Waals surface area contributed by atoms with Crippen LogP contribution in [0.2, 0.25) is 0 Å². The number of anilines is 2. The lowest BCUT2D eigenvalue weighted by Gasteiger charge is -2.27. The minimum absolute atomic E-state index is 0.0436. The number of hydrogen-bond acceptors (Lipinski definition) is 10. The van der Waals surface area contributed by atoms with Crippen LogP contribution in [0.3, 0.4) is 0 Å². The highest BCUT2D eigenvalue weighted by atomic mass is 16.6. The van der Waals surface area contributed by atoms with Crippen LogP contribution in [0, 0.1) is 10.1 Å². The lowest BCUT2D eigenvalue weighted by molar-refractivity contribution is -0.383. The Hall–Kier alpha value is -4.52. The molecule has 13 nitrogen and oxygen atoms in total. The van der Waals surface area contributed by atoms with Crippen LogP contribution in [0.4, 0.5) is 17.5 Å². The minimum Gasteiger partial charge on any atom is -0.470 e.